The van der Waals surface area contributed by atoms with Gasteiger partial charge in [0.25, 0.3) is 0 Å². The van der Waals surface area contributed by atoms with Gasteiger partial charge in [0.1, 0.15) is 4.90 Å². The molecule has 0 aliphatic carbocycles. The van der Waals surface area contributed by atoms with Gasteiger partial charge in [-0.2, -0.15) is 0 Å². The maximum Gasteiger partial charge on any atom is 0.242 e. The van der Waals surface area contributed by atoms with E-state index >= 15 is 0 Å². The summed E-state index contributed by atoms with van der Waals surface area (Å²) >= 11 is 11.7. The lowest BCUT2D eigenvalue weighted by Gasteiger charge is -2.22. The molecule has 0 aromatic heterocycles. The van der Waals surface area contributed by atoms with Crippen molar-refractivity contribution in [3.05, 3.63) is 28.2 Å². The molecule has 1 unspecified atom stereocenters. The summed E-state index contributed by atoms with van der Waals surface area (Å²) in [4.78, 5) is 0.0356. The summed E-state index contributed by atoms with van der Waals surface area (Å²) < 4.78 is 26.9. The van der Waals surface area contributed by atoms with Crippen LogP contribution in [0.2, 0.25) is 10.0 Å². The highest BCUT2D eigenvalue weighted by Gasteiger charge is 2.19. The van der Waals surface area contributed by atoms with Gasteiger partial charge in [-0.15, -0.1) is 12.4 Å². The third kappa shape index (κ3) is 5.58. The Labute approximate surface area is 142 Å². The second-order valence-electron chi connectivity index (χ2n) is 4.97. The Bertz CT molecular complexity index is 561. The van der Waals surface area contributed by atoms with Crippen molar-refractivity contribution in [1.29, 1.82) is 0 Å². The summed E-state index contributed by atoms with van der Waals surface area (Å²) in [6, 6.07) is 4.43. The Kier molecular flexibility index (Phi) is 7.74. The van der Waals surface area contributed by atoms with Gasteiger partial charge in [-0.05, 0) is 56.5 Å². The van der Waals surface area contributed by atoms with Crippen LogP contribution in [-0.4, -0.2) is 28.1 Å². The van der Waals surface area contributed by atoms with E-state index in [1.807, 2.05) is 0 Å². The first-order chi connectivity index (χ1) is 9.49. The Morgan fingerprint density at radius 3 is 2.76 bits per heavy atom. The number of benzene rings is 1. The van der Waals surface area contributed by atoms with Gasteiger partial charge >= 0.3 is 0 Å². The third-order valence-electron chi connectivity index (χ3n) is 3.43. The molecule has 0 saturated carbocycles. The van der Waals surface area contributed by atoms with E-state index in [4.69, 9.17) is 23.2 Å². The van der Waals surface area contributed by atoms with E-state index in [1.54, 1.807) is 6.07 Å². The Balaban J connectivity index is 0.00000220. The second kappa shape index (κ2) is 8.56. The lowest BCUT2D eigenvalue weighted by Crippen LogP contribution is -2.33. The quantitative estimate of drug-likeness (QED) is 0.834. The summed E-state index contributed by atoms with van der Waals surface area (Å²) in [6.45, 7) is 2.43. The van der Waals surface area contributed by atoms with Crippen LogP contribution in [-0.2, 0) is 10.0 Å². The maximum absolute atomic E-state index is 12.2. The van der Waals surface area contributed by atoms with E-state index in [9.17, 15) is 8.42 Å². The molecule has 4 nitrogen and oxygen atoms in total. The summed E-state index contributed by atoms with van der Waals surface area (Å²) in [7, 11) is -3.60. The van der Waals surface area contributed by atoms with Crippen LogP contribution in [0.1, 0.15) is 19.3 Å². The highest BCUT2D eigenvalue weighted by molar-refractivity contribution is 7.89. The number of nitrogens with one attached hydrogen (secondary N) is 2. The number of sulfonamides is 1. The largest absolute Gasteiger partial charge is 0.316 e. The SMILES string of the molecule is Cl.O=S(=O)(NCCC1CCCNC1)c1cc(Cl)ccc1Cl. The van der Waals surface area contributed by atoms with Crippen LogP contribution in [0.15, 0.2) is 23.1 Å². The van der Waals surface area contributed by atoms with Crippen molar-refractivity contribution < 1.29 is 8.42 Å². The fraction of sp³-hybridized carbons (Fsp3) is 0.538. The molecule has 2 rings (SSSR count). The van der Waals surface area contributed by atoms with E-state index in [0.717, 1.165) is 32.4 Å². The molecule has 8 heteroatoms. The zero-order valence-corrected chi connectivity index (χ0v) is 14.6. The van der Waals surface area contributed by atoms with E-state index < -0.39 is 10.0 Å². The highest BCUT2D eigenvalue weighted by Crippen LogP contribution is 2.25. The number of piperidine rings is 1. The molecule has 1 heterocycles. The van der Waals surface area contributed by atoms with Crippen LogP contribution >= 0.6 is 35.6 Å². The van der Waals surface area contributed by atoms with Crippen molar-refractivity contribution in [1.82, 2.24) is 10.0 Å². The molecule has 120 valence electrons. The molecule has 1 aliphatic heterocycles. The lowest BCUT2D eigenvalue weighted by atomic mass is 9.96. The first-order valence-electron chi connectivity index (χ1n) is 6.64. The van der Waals surface area contributed by atoms with Crippen molar-refractivity contribution >= 4 is 45.6 Å². The summed E-state index contributed by atoms with van der Waals surface area (Å²) in [5.74, 6) is 0.529. The highest BCUT2D eigenvalue weighted by atomic mass is 35.5. The van der Waals surface area contributed by atoms with Crippen molar-refractivity contribution in [2.24, 2.45) is 5.92 Å². The van der Waals surface area contributed by atoms with Gasteiger partial charge in [0.2, 0.25) is 10.0 Å². The average molecular weight is 374 g/mol. The molecular weight excluding hydrogens is 355 g/mol. The molecule has 2 N–H and O–H groups in total. The monoisotopic (exact) mass is 372 g/mol. The van der Waals surface area contributed by atoms with Crippen LogP contribution in [0.4, 0.5) is 0 Å². The minimum atomic E-state index is -3.60. The molecule has 1 aliphatic rings. The molecule has 0 amide bonds. The zero-order chi connectivity index (χ0) is 14.6. The topological polar surface area (TPSA) is 58.2 Å². The predicted molar refractivity (Wildman–Crippen MR) is 89.1 cm³/mol. The number of halogens is 3. The average Bonchev–Trinajstić information content (AvgIpc) is 2.42. The molecule has 21 heavy (non-hydrogen) atoms. The van der Waals surface area contributed by atoms with Gasteiger partial charge < -0.3 is 5.32 Å². The fourth-order valence-electron chi connectivity index (χ4n) is 2.33. The van der Waals surface area contributed by atoms with Crippen LogP contribution in [0.25, 0.3) is 0 Å². The first-order valence-corrected chi connectivity index (χ1v) is 8.88. The van der Waals surface area contributed by atoms with Crippen LogP contribution < -0.4 is 10.0 Å². The van der Waals surface area contributed by atoms with Gasteiger partial charge in [-0.1, -0.05) is 23.2 Å². The van der Waals surface area contributed by atoms with Gasteiger partial charge in [0, 0.05) is 11.6 Å². The summed E-state index contributed by atoms with van der Waals surface area (Å²) in [5.41, 5.74) is 0. The minimum Gasteiger partial charge on any atom is -0.316 e. The smallest absolute Gasteiger partial charge is 0.242 e. The van der Waals surface area contributed by atoms with Crippen LogP contribution in [0.5, 0.6) is 0 Å². The first kappa shape index (κ1) is 19.0. The normalized spacial score (nSPS) is 19.0. The molecule has 1 atom stereocenters. The molecule has 1 saturated heterocycles. The number of hydrogen-bond donors (Lipinski definition) is 2. The van der Waals surface area contributed by atoms with Crippen molar-refractivity contribution in [3.8, 4) is 0 Å². The van der Waals surface area contributed by atoms with E-state index in [-0.39, 0.29) is 22.3 Å². The van der Waals surface area contributed by atoms with Gasteiger partial charge in [-0.25, -0.2) is 13.1 Å². The second-order valence-corrected chi connectivity index (χ2v) is 7.55. The van der Waals surface area contributed by atoms with E-state index in [2.05, 4.69) is 10.0 Å². The number of rotatable bonds is 5. The molecule has 0 spiro atoms. The molecular formula is C13H19Cl3N2O2S. The number of hydrogen-bond acceptors (Lipinski definition) is 3. The molecule has 0 bridgehead atoms. The summed E-state index contributed by atoms with van der Waals surface area (Å²) in [6.07, 6.45) is 3.12. The Morgan fingerprint density at radius 2 is 2.10 bits per heavy atom. The van der Waals surface area contributed by atoms with Gasteiger partial charge in [0.05, 0.1) is 5.02 Å². The van der Waals surface area contributed by atoms with Crippen molar-refractivity contribution in [3.63, 3.8) is 0 Å². The van der Waals surface area contributed by atoms with Gasteiger partial charge in [0.15, 0.2) is 0 Å². The van der Waals surface area contributed by atoms with Crippen molar-refractivity contribution in [2.45, 2.75) is 24.2 Å². The van der Waals surface area contributed by atoms with Crippen LogP contribution in [0.3, 0.4) is 0 Å². The molecule has 0 radical (unpaired) electrons. The van der Waals surface area contributed by atoms with E-state index in [0.29, 0.717) is 17.5 Å². The van der Waals surface area contributed by atoms with Crippen molar-refractivity contribution in [2.75, 3.05) is 19.6 Å². The zero-order valence-electron chi connectivity index (χ0n) is 11.4. The standard InChI is InChI=1S/C13H18Cl2N2O2S.ClH/c14-11-3-4-12(15)13(8-11)20(18,19)17-7-5-10-2-1-6-16-9-10;/h3-4,8,10,16-17H,1-2,5-7,9H2;1H. The Hall–Kier alpha value is -0.0400. The fourth-order valence-corrected chi connectivity index (χ4v) is 4.14. The molecule has 1 fully saturated rings. The van der Waals surface area contributed by atoms with Crippen LogP contribution in [0, 0.1) is 5.92 Å². The lowest BCUT2D eigenvalue weighted by molar-refractivity contribution is 0.358. The molecule has 1 aromatic carbocycles. The molecule has 1 aromatic rings. The minimum absolute atomic E-state index is 0. The summed E-state index contributed by atoms with van der Waals surface area (Å²) in [5, 5.41) is 3.85. The third-order valence-corrected chi connectivity index (χ3v) is 5.60. The predicted octanol–water partition coefficient (Wildman–Crippen LogP) is 3.08. The Morgan fingerprint density at radius 1 is 1.33 bits per heavy atom. The van der Waals surface area contributed by atoms with Gasteiger partial charge in [-0.3, -0.25) is 0 Å². The van der Waals surface area contributed by atoms with E-state index in [1.165, 1.54) is 12.1 Å². The maximum atomic E-state index is 12.2.